The van der Waals surface area contributed by atoms with Gasteiger partial charge in [-0.2, -0.15) is 0 Å². The van der Waals surface area contributed by atoms with Crippen LogP contribution in [0, 0.1) is 17.7 Å². The monoisotopic (exact) mass is 247 g/mol. The van der Waals surface area contributed by atoms with Gasteiger partial charge in [0.2, 0.25) is 5.95 Å². The summed E-state index contributed by atoms with van der Waals surface area (Å²) in [6.45, 7) is 3.20. The van der Waals surface area contributed by atoms with E-state index in [1.54, 1.807) is 6.07 Å². The first-order chi connectivity index (χ1) is 8.65. The minimum absolute atomic E-state index is 0.263. The van der Waals surface area contributed by atoms with Crippen molar-refractivity contribution in [3.63, 3.8) is 0 Å². The molecule has 0 spiro atoms. The fraction of sp³-hybridized carbons (Fsp3) is 0.500. The Hall–Kier alpha value is -1.58. The molecule has 0 amide bonds. The van der Waals surface area contributed by atoms with Gasteiger partial charge >= 0.3 is 0 Å². The van der Waals surface area contributed by atoms with Crippen molar-refractivity contribution in [2.45, 2.75) is 32.7 Å². The molecule has 0 radical (unpaired) electrons. The second-order valence-electron chi connectivity index (χ2n) is 5.38. The summed E-state index contributed by atoms with van der Waals surface area (Å²) in [7, 11) is 0. The summed E-state index contributed by atoms with van der Waals surface area (Å²) in [6.07, 6.45) is 3.85. The van der Waals surface area contributed by atoms with E-state index in [4.69, 9.17) is 5.73 Å². The van der Waals surface area contributed by atoms with Gasteiger partial charge in [0.1, 0.15) is 5.82 Å². The molecule has 2 unspecified atom stereocenters. The van der Waals surface area contributed by atoms with E-state index in [2.05, 4.69) is 11.9 Å². The number of hydrogen-bond acceptors (Lipinski definition) is 2. The number of benzene rings is 1. The molecule has 3 nitrogen and oxygen atoms in total. The van der Waals surface area contributed by atoms with Crippen LogP contribution >= 0.6 is 0 Å². The molecule has 1 fully saturated rings. The predicted molar refractivity (Wildman–Crippen MR) is 70.6 cm³/mol. The van der Waals surface area contributed by atoms with Gasteiger partial charge in [0.15, 0.2) is 0 Å². The van der Waals surface area contributed by atoms with Crippen molar-refractivity contribution >= 4 is 17.0 Å². The first-order valence-corrected chi connectivity index (χ1v) is 6.56. The minimum atomic E-state index is -0.263. The van der Waals surface area contributed by atoms with Crippen LogP contribution in [0.2, 0.25) is 0 Å². The Balaban J connectivity index is 1.98. The first-order valence-electron chi connectivity index (χ1n) is 6.56. The van der Waals surface area contributed by atoms with Gasteiger partial charge in [-0.15, -0.1) is 0 Å². The summed E-state index contributed by atoms with van der Waals surface area (Å²) in [4.78, 5) is 4.24. The maximum absolute atomic E-state index is 13.2. The normalized spacial score (nSPS) is 23.9. The summed E-state index contributed by atoms with van der Waals surface area (Å²) < 4.78 is 15.2. The molecular formula is C14H18FN3. The van der Waals surface area contributed by atoms with Crippen LogP contribution in [0.5, 0.6) is 0 Å². The van der Waals surface area contributed by atoms with Gasteiger partial charge in [-0.3, -0.25) is 0 Å². The second kappa shape index (κ2) is 4.26. The van der Waals surface area contributed by atoms with E-state index in [1.807, 2.05) is 4.57 Å². The fourth-order valence-corrected chi connectivity index (χ4v) is 3.04. The Kier molecular flexibility index (Phi) is 2.73. The number of nitrogens with two attached hydrogens (primary N) is 1. The van der Waals surface area contributed by atoms with Crippen LogP contribution in [-0.4, -0.2) is 9.55 Å². The van der Waals surface area contributed by atoms with Crippen molar-refractivity contribution in [1.29, 1.82) is 0 Å². The molecule has 1 aromatic carbocycles. The fourth-order valence-electron chi connectivity index (χ4n) is 3.04. The zero-order valence-corrected chi connectivity index (χ0v) is 10.6. The lowest BCUT2D eigenvalue weighted by molar-refractivity contribution is 0.370. The van der Waals surface area contributed by atoms with Gasteiger partial charge in [0, 0.05) is 12.6 Å². The van der Waals surface area contributed by atoms with Crippen LogP contribution < -0.4 is 5.73 Å². The molecule has 3 rings (SSSR count). The largest absolute Gasteiger partial charge is 0.369 e. The maximum atomic E-state index is 13.2. The number of anilines is 1. The average molecular weight is 247 g/mol. The van der Waals surface area contributed by atoms with Gasteiger partial charge in [-0.25, -0.2) is 9.37 Å². The zero-order valence-electron chi connectivity index (χ0n) is 10.6. The molecule has 18 heavy (non-hydrogen) atoms. The smallest absolute Gasteiger partial charge is 0.201 e. The van der Waals surface area contributed by atoms with E-state index in [0.717, 1.165) is 18.0 Å². The highest BCUT2D eigenvalue weighted by Crippen LogP contribution is 2.33. The van der Waals surface area contributed by atoms with Gasteiger partial charge in [-0.05, 0) is 30.4 Å². The topological polar surface area (TPSA) is 43.8 Å². The Morgan fingerprint density at radius 2 is 2.28 bits per heavy atom. The number of hydrogen-bond donors (Lipinski definition) is 1. The number of aromatic nitrogens is 2. The third-order valence-corrected chi connectivity index (χ3v) is 4.20. The standard InChI is InChI=1S/C14H18FN3/c1-9-3-2-4-10(9)8-18-13-6-5-11(15)7-12(13)17-14(18)16/h5-7,9-10H,2-4,8H2,1H3,(H2,16,17). The lowest BCUT2D eigenvalue weighted by atomic mass is 9.98. The Morgan fingerprint density at radius 1 is 1.44 bits per heavy atom. The molecule has 1 aliphatic carbocycles. The molecule has 96 valence electrons. The van der Waals surface area contributed by atoms with Crippen LogP contribution in [0.1, 0.15) is 26.2 Å². The van der Waals surface area contributed by atoms with Crippen molar-refractivity contribution in [2.75, 3.05) is 5.73 Å². The van der Waals surface area contributed by atoms with Crippen LogP contribution in [0.3, 0.4) is 0 Å². The van der Waals surface area contributed by atoms with Crippen LogP contribution in [0.25, 0.3) is 11.0 Å². The molecule has 1 heterocycles. The summed E-state index contributed by atoms with van der Waals surface area (Å²) in [6, 6.07) is 4.69. The van der Waals surface area contributed by atoms with Gasteiger partial charge < -0.3 is 10.3 Å². The molecule has 4 heteroatoms. The first kappa shape index (κ1) is 11.5. The summed E-state index contributed by atoms with van der Waals surface area (Å²) >= 11 is 0. The maximum Gasteiger partial charge on any atom is 0.201 e. The second-order valence-corrected chi connectivity index (χ2v) is 5.38. The zero-order chi connectivity index (χ0) is 12.7. The predicted octanol–water partition coefficient (Wildman–Crippen LogP) is 3.19. The van der Waals surface area contributed by atoms with Crippen LogP contribution in [0.15, 0.2) is 18.2 Å². The molecule has 0 aliphatic heterocycles. The van der Waals surface area contributed by atoms with E-state index in [0.29, 0.717) is 17.4 Å². The van der Waals surface area contributed by atoms with Gasteiger partial charge in [-0.1, -0.05) is 19.8 Å². The van der Waals surface area contributed by atoms with E-state index in [1.165, 1.54) is 31.4 Å². The van der Waals surface area contributed by atoms with Crippen molar-refractivity contribution in [3.8, 4) is 0 Å². The SMILES string of the molecule is CC1CCCC1Cn1c(N)nc2cc(F)ccc21. The molecule has 2 N–H and O–H groups in total. The molecule has 2 atom stereocenters. The van der Waals surface area contributed by atoms with E-state index in [9.17, 15) is 4.39 Å². The third-order valence-electron chi connectivity index (χ3n) is 4.20. The number of nitrogens with zero attached hydrogens (tertiary/aromatic N) is 2. The molecule has 1 aromatic heterocycles. The van der Waals surface area contributed by atoms with Crippen molar-refractivity contribution < 1.29 is 4.39 Å². The number of fused-ring (bicyclic) bond motifs is 1. The number of imidazole rings is 1. The van der Waals surface area contributed by atoms with E-state index < -0.39 is 0 Å². The quantitative estimate of drug-likeness (QED) is 0.885. The molecule has 0 saturated heterocycles. The molecule has 0 bridgehead atoms. The van der Waals surface area contributed by atoms with Crippen LogP contribution in [-0.2, 0) is 6.54 Å². The molecule has 2 aromatic rings. The van der Waals surface area contributed by atoms with Crippen molar-refractivity contribution in [3.05, 3.63) is 24.0 Å². The third kappa shape index (κ3) is 1.85. The Morgan fingerprint density at radius 3 is 3.00 bits per heavy atom. The van der Waals surface area contributed by atoms with Gasteiger partial charge in [0.05, 0.1) is 11.0 Å². The summed E-state index contributed by atoms with van der Waals surface area (Å²) in [5.74, 6) is 1.63. The average Bonchev–Trinajstić information content (AvgIpc) is 2.85. The highest BCUT2D eigenvalue weighted by molar-refractivity contribution is 5.78. The van der Waals surface area contributed by atoms with E-state index >= 15 is 0 Å². The summed E-state index contributed by atoms with van der Waals surface area (Å²) in [5.41, 5.74) is 7.55. The van der Waals surface area contributed by atoms with E-state index in [-0.39, 0.29) is 5.82 Å². The summed E-state index contributed by atoms with van der Waals surface area (Å²) in [5, 5.41) is 0. The number of halogens is 1. The molecular weight excluding hydrogens is 229 g/mol. The Bertz CT molecular complexity index is 576. The molecule has 1 saturated carbocycles. The lowest BCUT2D eigenvalue weighted by Gasteiger charge is -2.17. The van der Waals surface area contributed by atoms with Crippen LogP contribution in [0.4, 0.5) is 10.3 Å². The molecule has 1 aliphatic rings. The number of rotatable bonds is 2. The highest BCUT2D eigenvalue weighted by Gasteiger charge is 2.25. The van der Waals surface area contributed by atoms with Gasteiger partial charge in [0.25, 0.3) is 0 Å². The number of nitrogen functional groups attached to an aromatic ring is 1. The lowest BCUT2D eigenvalue weighted by Crippen LogP contribution is -2.14. The van der Waals surface area contributed by atoms with Crippen molar-refractivity contribution in [2.24, 2.45) is 11.8 Å². The Labute approximate surface area is 106 Å². The highest BCUT2D eigenvalue weighted by atomic mass is 19.1. The minimum Gasteiger partial charge on any atom is -0.369 e. The van der Waals surface area contributed by atoms with Crippen molar-refractivity contribution in [1.82, 2.24) is 9.55 Å².